The number of nitrogens with zero attached hydrogens (tertiary/aromatic N) is 2. The molecule has 1 fully saturated rings. The lowest BCUT2D eigenvalue weighted by Gasteiger charge is -2.33. The first kappa shape index (κ1) is 24.9. The van der Waals surface area contributed by atoms with Crippen molar-refractivity contribution in [3.8, 4) is 0 Å². The molecule has 184 valence electrons. The lowest BCUT2D eigenvalue weighted by atomic mass is 9.95. The molecule has 2 aromatic heterocycles. The number of nitrogen functional groups attached to an aromatic ring is 1. The Hall–Kier alpha value is -3.24. The number of hydrogen-bond donors (Lipinski definition) is 3. The monoisotopic (exact) mass is 511 g/mol. The summed E-state index contributed by atoms with van der Waals surface area (Å²) < 4.78 is 4.00. The van der Waals surface area contributed by atoms with Crippen molar-refractivity contribution in [3.05, 3.63) is 62.3 Å². The molecule has 3 aromatic rings. The Morgan fingerprint density at radius 1 is 1.11 bits per heavy atom. The number of amides is 3. The normalized spacial score (nSPS) is 14.9. The number of rotatable bonds is 7. The SMILES string of the molecule is Cc1cc(C)cc(N(C(=O)c2snc(C(N)=O)c2N)C(C(=O)NC2CCCCC2)c2cccs2)c1. The molecule has 1 unspecified atom stereocenters. The number of anilines is 2. The van der Waals surface area contributed by atoms with Gasteiger partial charge >= 0.3 is 0 Å². The van der Waals surface area contributed by atoms with Gasteiger partial charge in [-0.1, -0.05) is 31.4 Å². The number of thiophene rings is 1. The lowest BCUT2D eigenvalue weighted by Crippen LogP contribution is -2.47. The Morgan fingerprint density at radius 2 is 1.80 bits per heavy atom. The highest BCUT2D eigenvalue weighted by Crippen LogP contribution is 2.36. The van der Waals surface area contributed by atoms with E-state index in [2.05, 4.69) is 9.69 Å². The molecular formula is C25H29N5O3S2. The van der Waals surface area contributed by atoms with Gasteiger partial charge in [0.15, 0.2) is 11.7 Å². The molecule has 2 heterocycles. The van der Waals surface area contributed by atoms with Gasteiger partial charge in [-0.15, -0.1) is 11.3 Å². The minimum atomic E-state index is -0.913. The van der Waals surface area contributed by atoms with Crippen molar-refractivity contribution in [2.75, 3.05) is 10.6 Å². The van der Waals surface area contributed by atoms with Crippen LogP contribution in [0.15, 0.2) is 35.7 Å². The molecule has 35 heavy (non-hydrogen) atoms. The van der Waals surface area contributed by atoms with E-state index in [1.54, 1.807) is 0 Å². The topological polar surface area (TPSA) is 131 Å². The molecule has 0 bridgehead atoms. The first-order chi connectivity index (χ1) is 16.8. The van der Waals surface area contributed by atoms with Crippen LogP contribution in [0.2, 0.25) is 0 Å². The summed E-state index contributed by atoms with van der Waals surface area (Å²) in [6.07, 6.45) is 5.15. The Bertz CT molecular complexity index is 1210. The van der Waals surface area contributed by atoms with Crippen LogP contribution in [0.1, 0.15) is 74.3 Å². The molecule has 3 amide bonds. The van der Waals surface area contributed by atoms with Crippen molar-refractivity contribution < 1.29 is 14.4 Å². The number of hydrogen-bond acceptors (Lipinski definition) is 7. The van der Waals surface area contributed by atoms with Crippen LogP contribution >= 0.6 is 22.9 Å². The summed E-state index contributed by atoms with van der Waals surface area (Å²) in [5, 5.41) is 5.07. The first-order valence-corrected chi connectivity index (χ1v) is 13.2. The second-order valence-electron chi connectivity index (χ2n) is 8.92. The standard InChI is InChI=1S/C25H29N5O3S2/c1-14-11-15(2)13-17(12-14)30(25(33)22-19(26)20(23(27)31)29-35-22)21(18-9-6-10-34-18)24(32)28-16-7-4-3-5-8-16/h6,9-13,16,21H,3-5,7-8,26H2,1-2H3,(H2,27,31)(H,28,32). The van der Waals surface area contributed by atoms with Crippen LogP contribution in [0.25, 0.3) is 0 Å². The van der Waals surface area contributed by atoms with Gasteiger partial charge in [-0.05, 0) is 72.9 Å². The van der Waals surface area contributed by atoms with E-state index in [1.807, 2.05) is 49.6 Å². The lowest BCUT2D eigenvalue weighted by molar-refractivity contribution is -0.123. The van der Waals surface area contributed by atoms with E-state index >= 15 is 0 Å². The predicted molar refractivity (Wildman–Crippen MR) is 140 cm³/mol. The number of aromatic nitrogens is 1. The van der Waals surface area contributed by atoms with E-state index in [9.17, 15) is 14.4 Å². The van der Waals surface area contributed by atoms with Crippen LogP contribution in [0.3, 0.4) is 0 Å². The quantitative estimate of drug-likeness (QED) is 0.434. The average molecular weight is 512 g/mol. The fourth-order valence-corrected chi connectivity index (χ4v) is 6.11. The summed E-state index contributed by atoms with van der Waals surface area (Å²) in [4.78, 5) is 41.9. The Labute approximate surface area is 212 Å². The van der Waals surface area contributed by atoms with Gasteiger partial charge in [-0.2, -0.15) is 4.37 Å². The summed E-state index contributed by atoms with van der Waals surface area (Å²) in [6.45, 7) is 3.88. The maximum atomic E-state index is 14.0. The first-order valence-electron chi connectivity index (χ1n) is 11.6. The fraction of sp³-hybridized carbons (Fsp3) is 0.360. The number of benzene rings is 1. The van der Waals surface area contributed by atoms with Crippen molar-refractivity contribution in [1.82, 2.24) is 9.69 Å². The summed E-state index contributed by atoms with van der Waals surface area (Å²) in [7, 11) is 0. The molecule has 1 aliphatic carbocycles. The van der Waals surface area contributed by atoms with E-state index in [1.165, 1.54) is 22.7 Å². The summed E-state index contributed by atoms with van der Waals surface area (Å²) in [5.74, 6) is -1.56. The van der Waals surface area contributed by atoms with Crippen molar-refractivity contribution in [1.29, 1.82) is 0 Å². The smallest absolute Gasteiger partial charge is 0.273 e. The van der Waals surface area contributed by atoms with Gasteiger partial charge < -0.3 is 16.8 Å². The van der Waals surface area contributed by atoms with Gasteiger partial charge in [-0.25, -0.2) is 0 Å². The van der Waals surface area contributed by atoms with Crippen LogP contribution < -0.4 is 21.7 Å². The summed E-state index contributed by atoms with van der Waals surface area (Å²) >= 11 is 2.22. The molecule has 1 aromatic carbocycles. The van der Waals surface area contributed by atoms with E-state index in [-0.39, 0.29) is 28.2 Å². The molecule has 1 saturated carbocycles. The number of primary amides is 1. The van der Waals surface area contributed by atoms with Gasteiger partial charge in [0.2, 0.25) is 5.91 Å². The number of nitrogens with one attached hydrogen (secondary N) is 1. The molecule has 5 N–H and O–H groups in total. The van der Waals surface area contributed by atoms with E-state index in [0.717, 1.165) is 53.2 Å². The Kier molecular flexibility index (Phi) is 7.51. The average Bonchev–Trinajstić information content (AvgIpc) is 3.46. The van der Waals surface area contributed by atoms with Gasteiger partial charge in [0.1, 0.15) is 4.88 Å². The molecule has 1 aliphatic rings. The van der Waals surface area contributed by atoms with Gasteiger partial charge in [0.05, 0.1) is 5.69 Å². The van der Waals surface area contributed by atoms with Crippen LogP contribution in [0, 0.1) is 13.8 Å². The largest absolute Gasteiger partial charge is 0.395 e. The Morgan fingerprint density at radius 3 is 2.37 bits per heavy atom. The zero-order valence-corrected chi connectivity index (χ0v) is 21.4. The fourth-order valence-electron chi connectivity index (χ4n) is 4.56. The van der Waals surface area contributed by atoms with Crippen LogP contribution in [0.4, 0.5) is 11.4 Å². The molecule has 0 aliphatic heterocycles. The number of carbonyl (C=O) groups is 3. The molecule has 1 atom stereocenters. The molecule has 4 rings (SSSR count). The maximum absolute atomic E-state index is 14.0. The van der Waals surface area contributed by atoms with E-state index < -0.39 is 17.9 Å². The highest BCUT2D eigenvalue weighted by molar-refractivity contribution is 7.10. The predicted octanol–water partition coefficient (Wildman–Crippen LogP) is 4.34. The van der Waals surface area contributed by atoms with E-state index in [0.29, 0.717) is 5.69 Å². The third-order valence-corrected chi connectivity index (χ3v) is 7.91. The summed E-state index contributed by atoms with van der Waals surface area (Å²) in [5.41, 5.74) is 13.8. The number of aryl methyl sites for hydroxylation is 2. The zero-order valence-electron chi connectivity index (χ0n) is 19.7. The second kappa shape index (κ2) is 10.6. The van der Waals surface area contributed by atoms with Crippen molar-refractivity contribution in [3.63, 3.8) is 0 Å². The van der Waals surface area contributed by atoms with Crippen LogP contribution in [-0.4, -0.2) is 28.1 Å². The third kappa shape index (κ3) is 5.38. The van der Waals surface area contributed by atoms with Crippen molar-refractivity contribution in [2.24, 2.45) is 5.73 Å². The van der Waals surface area contributed by atoms with Gasteiger partial charge in [-0.3, -0.25) is 19.3 Å². The second-order valence-corrected chi connectivity index (χ2v) is 10.7. The number of nitrogens with two attached hydrogens (primary N) is 2. The third-order valence-electron chi connectivity index (χ3n) is 6.13. The molecule has 8 nitrogen and oxygen atoms in total. The highest BCUT2D eigenvalue weighted by atomic mass is 32.1. The zero-order chi connectivity index (χ0) is 25.1. The molecule has 0 spiro atoms. The molecule has 10 heteroatoms. The van der Waals surface area contributed by atoms with Gasteiger partial charge in [0, 0.05) is 16.6 Å². The minimum absolute atomic E-state index is 0.0699. The molecule has 0 saturated heterocycles. The van der Waals surface area contributed by atoms with E-state index in [4.69, 9.17) is 11.5 Å². The molecular weight excluding hydrogens is 482 g/mol. The molecule has 0 radical (unpaired) electrons. The summed E-state index contributed by atoms with van der Waals surface area (Å²) in [6, 6.07) is 8.60. The van der Waals surface area contributed by atoms with Crippen molar-refractivity contribution in [2.45, 2.75) is 58.0 Å². The Balaban J connectivity index is 1.82. The van der Waals surface area contributed by atoms with Crippen molar-refractivity contribution >= 4 is 52.0 Å². The minimum Gasteiger partial charge on any atom is -0.395 e. The highest BCUT2D eigenvalue weighted by Gasteiger charge is 2.37. The van der Waals surface area contributed by atoms with Crippen LogP contribution in [0.5, 0.6) is 0 Å². The van der Waals surface area contributed by atoms with Gasteiger partial charge in [0.25, 0.3) is 11.8 Å². The maximum Gasteiger partial charge on any atom is 0.273 e. The van der Waals surface area contributed by atoms with Crippen LogP contribution in [-0.2, 0) is 4.79 Å². The number of carbonyl (C=O) groups excluding carboxylic acids is 3.